The van der Waals surface area contributed by atoms with Gasteiger partial charge in [-0.2, -0.15) is 5.10 Å². The van der Waals surface area contributed by atoms with Gasteiger partial charge in [0.25, 0.3) is 0 Å². The molecule has 168 valence electrons. The molecule has 1 atom stereocenters. The van der Waals surface area contributed by atoms with Crippen LogP contribution in [0.1, 0.15) is 56.2 Å². The van der Waals surface area contributed by atoms with Crippen LogP contribution in [0.25, 0.3) is 0 Å². The van der Waals surface area contributed by atoms with Gasteiger partial charge in [0.1, 0.15) is 18.2 Å². The molecule has 0 spiro atoms. The molecular weight excluding hydrogens is 392 g/mol. The summed E-state index contributed by atoms with van der Waals surface area (Å²) in [5, 5.41) is 11.5. The summed E-state index contributed by atoms with van der Waals surface area (Å²) in [5.41, 5.74) is 1.12. The molecule has 1 aromatic carbocycles. The van der Waals surface area contributed by atoms with Gasteiger partial charge in [-0.15, -0.1) is 0 Å². The first-order valence-corrected chi connectivity index (χ1v) is 11.5. The van der Waals surface area contributed by atoms with E-state index in [1.807, 2.05) is 10.7 Å². The topological polar surface area (TPSA) is 85.6 Å². The number of aryl methyl sites for hydroxylation is 1. The largest absolute Gasteiger partial charge is 0.490 e. The van der Waals surface area contributed by atoms with Gasteiger partial charge in [0.2, 0.25) is 0 Å². The van der Waals surface area contributed by atoms with Crippen LogP contribution in [0.3, 0.4) is 0 Å². The molecule has 8 heteroatoms. The maximum atomic E-state index is 6.27. The van der Waals surface area contributed by atoms with Gasteiger partial charge in [-0.25, -0.2) is 14.7 Å². The van der Waals surface area contributed by atoms with Gasteiger partial charge in [-0.3, -0.25) is 0 Å². The van der Waals surface area contributed by atoms with Gasteiger partial charge < -0.3 is 20.1 Å². The average Bonchev–Trinajstić information content (AvgIpc) is 3.42. The smallest absolute Gasteiger partial charge is 0.191 e. The van der Waals surface area contributed by atoms with Gasteiger partial charge in [0.15, 0.2) is 11.8 Å². The Morgan fingerprint density at radius 3 is 2.87 bits per heavy atom. The van der Waals surface area contributed by atoms with E-state index >= 15 is 0 Å². The summed E-state index contributed by atoms with van der Waals surface area (Å²) < 4.78 is 13.4. The van der Waals surface area contributed by atoms with Gasteiger partial charge >= 0.3 is 0 Å². The number of nitrogens with one attached hydrogen (secondary N) is 2. The number of fused-ring (bicyclic) bond motifs is 1. The molecule has 8 nitrogen and oxygen atoms in total. The molecule has 2 N–H and O–H groups in total. The van der Waals surface area contributed by atoms with Gasteiger partial charge in [-0.05, 0) is 45.1 Å². The minimum atomic E-state index is 0.257. The molecule has 0 radical (unpaired) electrons. The van der Waals surface area contributed by atoms with Crippen LogP contribution in [0.15, 0.2) is 29.3 Å². The van der Waals surface area contributed by atoms with E-state index in [-0.39, 0.29) is 6.04 Å². The lowest BCUT2D eigenvalue weighted by Crippen LogP contribution is -2.47. The van der Waals surface area contributed by atoms with Crippen LogP contribution < -0.4 is 15.4 Å². The predicted molar refractivity (Wildman–Crippen MR) is 120 cm³/mol. The van der Waals surface area contributed by atoms with Crippen molar-refractivity contribution in [3.63, 3.8) is 0 Å². The lowest BCUT2D eigenvalue weighted by molar-refractivity contribution is 0.177. The van der Waals surface area contributed by atoms with E-state index in [2.05, 4.69) is 45.8 Å². The fraction of sp³-hybridized carbons (Fsp3) is 0.609. The fourth-order valence-electron chi connectivity index (χ4n) is 4.28. The molecule has 0 saturated heterocycles. The Morgan fingerprint density at radius 2 is 2.06 bits per heavy atom. The second kappa shape index (κ2) is 10.6. The standard InChI is InChI=1S/C23H34N6O2/c1-3-24-23(26-18-12-13-22-27-21(16-30-2)28-29(22)15-18)25-14-17-8-4-7-11-20(17)31-19-9-5-6-10-19/h4,7-8,11,18-19H,3,5-6,9-10,12-16H2,1-2H3,(H2,24,25,26). The summed E-state index contributed by atoms with van der Waals surface area (Å²) in [6.07, 6.45) is 7.07. The van der Waals surface area contributed by atoms with Crippen LogP contribution in [0.2, 0.25) is 0 Å². The molecule has 1 aromatic heterocycles. The second-order valence-electron chi connectivity index (χ2n) is 8.27. The highest BCUT2D eigenvalue weighted by Gasteiger charge is 2.22. The lowest BCUT2D eigenvalue weighted by atomic mass is 10.1. The average molecular weight is 427 g/mol. The molecule has 2 aromatic rings. The van der Waals surface area contributed by atoms with Crippen LogP contribution in [-0.4, -0.2) is 46.5 Å². The zero-order chi connectivity index (χ0) is 21.5. The van der Waals surface area contributed by atoms with E-state index in [1.54, 1.807) is 7.11 Å². The number of hydrogen-bond donors (Lipinski definition) is 2. The molecule has 1 fully saturated rings. The zero-order valence-corrected chi connectivity index (χ0v) is 18.6. The quantitative estimate of drug-likeness (QED) is 0.499. The number of aromatic nitrogens is 3. The van der Waals surface area contributed by atoms with Crippen molar-refractivity contribution in [1.29, 1.82) is 0 Å². The minimum absolute atomic E-state index is 0.257. The van der Waals surface area contributed by atoms with E-state index in [0.29, 0.717) is 19.3 Å². The third-order valence-corrected chi connectivity index (χ3v) is 5.84. The first-order valence-electron chi connectivity index (χ1n) is 11.5. The summed E-state index contributed by atoms with van der Waals surface area (Å²) in [7, 11) is 1.67. The van der Waals surface area contributed by atoms with Crippen LogP contribution in [0.4, 0.5) is 0 Å². The van der Waals surface area contributed by atoms with E-state index in [1.165, 1.54) is 12.8 Å². The van der Waals surface area contributed by atoms with Crippen molar-refractivity contribution in [1.82, 2.24) is 25.4 Å². The number of hydrogen-bond acceptors (Lipinski definition) is 5. The van der Waals surface area contributed by atoms with Gasteiger partial charge in [0.05, 0.1) is 19.2 Å². The number of rotatable bonds is 8. The highest BCUT2D eigenvalue weighted by molar-refractivity contribution is 5.80. The second-order valence-corrected chi connectivity index (χ2v) is 8.27. The summed E-state index contributed by atoms with van der Waals surface area (Å²) in [4.78, 5) is 9.41. The van der Waals surface area contributed by atoms with Crippen molar-refractivity contribution in [3.8, 4) is 5.75 Å². The first kappa shape index (κ1) is 21.6. The van der Waals surface area contributed by atoms with Crippen molar-refractivity contribution in [2.24, 2.45) is 4.99 Å². The lowest BCUT2D eigenvalue weighted by Gasteiger charge is -2.25. The van der Waals surface area contributed by atoms with Crippen molar-refractivity contribution in [3.05, 3.63) is 41.5 Å². The Hall–Kier alpha value is -2.61. The molecule has 1 aliphatic heterocycles. The third kappa shape index (κ3) is 5.76. The molecule has 1 unspecified atom stereocenters. The monoisotopic (exact) mass is 426 g/mol. The molecular formula is C23H34N6O2. The van der Waals surface area contributed by atoms with Crippen LogP contribution in [0.5, 0.6) is 5.75 Å². The number of aliphatic imine (C=N–C) groups is 1. The molecule has 2 aliphatic rings. The highest BCUT2D eigenvalue weighted by Crippen LogP contribution is 2.27. The molecule has 2 heterocycles. The van der Waals surface area contributed by atoms with E-state index in [4.69, 9.17) is 14.5 Å². The zero-order valence-electron chi connectivity index (χ0n) is 18.6. The van der Waals surface area contributed by atoms with Crippen molar-refractivity contribution >= 4 is 5.96 Å². The Bertz CT molecular complexity index is 875. The predicted octanol–water partition coefficient (Wildman–Crippen LogP) is 2.82. The maximum absolute atomic E-state index is 6.27. The molecule has 31 heavy (non-hydrogen) atoms. The Labute approximate surface area is 184 Å². The fourth-order valence-corrected chi connectivity index (χ4v) is 4.28. The van der Waals surface area contributed by atoms with Crippen molar-refractivity contribution in [2.75, 3.05) is 13.7 Å². The SMILES string of the molecule is CCNC(=NCc1ccccc1OC1CCCC1)NC1CCc2nc(COC)nn2C1. The van der Waals surface area contributed by atoms with Crippen molar-refractivity contribution in [2.45, 2.75) is 77.3 Å². The van der Waals surface area contributed by atoms with Crippen LogP contribution in [0, 0.1) is 0 Å². The maximum Gasteiger partial charge on any atom is 0.191 e. The Balaban J connectivity index is 1.40. The Kier molecular flexibility index (Phi) is 7.40. The summed E-state index contributed by atoms with van der Waals surface area (Å²) >= 11 is 0. The Morgan fingerprint density at radius 1 is 1.23 bits per heavy atom. The minimum Gasteiger partial charge on any atom is -0.490 e. The van der Waals surface area contributed by atoms with E-state index < -0.39 is 0 Å². The number of para-hydroxylation sites is 1. The van der Waals surface area contributed by atoms with Crippen molar-refractivity contribution < 1.29 is 9.47 Å². The summed E-state index contributed by atoms with van der Waals surface area (Å²) in [6, 6.07) is 8.52. The summed E-state index contributed by atoms with van der Waals surface area (Å²) in [5.74, 6) is 3.57. The first-order chi connectivity index (χ1) is 15.2. The van der Waals surface area contributed by atoms with Crippen LogP contribution >= 0.6 is 0 Å². The van der Waals surface area contributed by atoms with Gasteiger partial charge in [0, 0.05) is 31.7 Å². The summed E-state index contributed by atoms with van der Waals surface area (Å²) in [6.45, 7) is 4.70. The number of guanidine groups is 1. The third-order valence-electron chi connectivity index (χ3n) is 5.84. The highest BCUT2D eigenvalue weighted by atomic mass is 16.5. The normalized spacial score (nSPS) is 19.3. The molecule has 1 saturated carbocycles. The van der Waals surface area contributed by atoms with Gasteiger partial charge in [-0.1, -0.05) is 18.2 Å². The molecule has 1 aliphatic carbocycles. The molecule has 4 rings (SSSR count). The molecule has 0 bridgehead atoms. The van der Waals surface area contributed by atoms with Crippen LogP contribution in [-0.2, 0) is 30.9 Å². The van der Waals surface area contributed by atoms with E-state index in [0.717, 1.165) is 67.7 Å². The molecule has 0 amide bonds. The number of nitrogens with zero attached hydrogens (tertiary/aromatic N) is 4. The van der Waals surface area contributed by atoms with E-state index in [9.17, 15) is 0 Å². The number of methoxy groups -OCH3 is 1. The number of benzene rings is 1. The number of ether oxygens (including phenoxy) is 2.